The van der Waals surface area contributed by atoms with Crippen molar-refractivity contribution in [3.8, 4) is 5.75 Å². The van der Waals surface area contributed by atoms with Crippen LogP contribution in [0.25, 0.3) is 0 Å². The maximum Gasteiger partial charge on any atom is 0.232 e. The van der Waals surface area contributed by atoms with Crippen molar-refractivity contribution in [3.05, 3.63) is 24.3 Å². The lowest BCUT2D eigenvalue weighted by molar-refractivity contribution is -0.144. The number of amides is 1. The van der Waals surface area contributed by atoms with Crippen molar-refractivity contribution in [2.75, 3.05) is 12.4 Å². The fourth-order valence-corrected chi connectivity index (χ4v) is 5.67. The lowest BCUT2D eigenvalue weighted by atomic mass is 9.49. The molecule has 4 saturated carbocycles. The van der Waals surface area contributed by atoms with E-state index in [0.29, 0.717) is 5.11 Å². The molecule has 1 aromatic rings. The highest BCUT2D eigenvalue weighted by atomic mass is 32.1. The van der Waals surface area contributed by atoms with Crippen LogP contribution in [0.3, 0.4) is 0 Å². The Labute approximate surface area is 148 Å². The third kappa shape index (κ3) is 2.90. The van der Waals surface area contributed by atoms with Gasteiger partial charge in [0.2, 0.25) is 5.91 Å². The molecule has 0 saturated heterocycles. The van der Waals surface area contributed by atoms with Gasteiger partial charge in [0, 0.05) is 5.69 Å². The van der Waals surface area contributed by atoms with Crippen LogP contribution in [0.1, 0.15) is 38.5 Å². The number of hydrogen-bond donors (Lipinski definition) is 2. The molecule has 0 atom stereocenters. The van der Waals surface area contributed by atoms with Crippen molar-refractivity contribution in [2.45, 2.75) is 38.5 Å². The van der Waals surface area contributed by atoms with Crippen LogP contribution in [-0.4, -0.2) is 18.1 Å². The molecule has 2 N–H and O–H groups in total. The number of benzene rings is 1. The minimum Gasteiger partial charge on any atom is -0.497 e. The van der Waals surface area contributed by atoms with Crippen LogP contribution in [0, 0.1) is 23.2 Å². The lowest BCUT2D eigenvalue weighted by Gasteiger charge is -2.55. The second-order valence-electron chi connectivity index (χ2n) is 7.83. The summed E-state index contributed by atoms with van der Waals surface area (Å²) in [5, 5.41) is 6.45. The predicted octanol–water partition coefficient (Wildman–Crippen LogP) is 3.72. The zero-order valence-corrected chi connectivity index (χ0v) is 14.8. The smallest absolute Gasteiger partial charge is 0.232 e. The van der Waals surface area contributed by atoms with E-state index in [-0.39, 0.29) is 11.3 Å². The van der Waals surface area contributed by atoms with Gasteiger partial charge in [-0.15, -0.1) is 0 Å². The molecule has 24 heavy (non-hydrogen) atoms. The number of ether oxygens (including phenoxy) is 1. The first-order valence-electron chi connectivity index (χ1n) is 8.83. The Morgan fingerprint density at radius 2 is 1.62 bits per heavy atom. The van der Waals surface area contributed by atoms with Crippen molar-refractivity contribution < 1.29 is 9.53 Å². The van der Waals surface area contributed by atoms with Crippen LogP contribution < -0.4 is 15.4 Å². The highest BCUT2D eigenvalue weighted by Crippen LogP contribution is 2.60. The van der Waals surface area contributed by atoms with Crippen LogP contribution in [0.15, 0.2) is 24.3 Å². The van der Waals surface area contributed by atoms with Crippen molar-refractivity contribution in [1.29, 1.82) is 0 Å². The minimum atomic E-state index is -0.166. The average molecular weight is 344 g/mol. The maximum atomic E-state index is 12.9. The van der Waals surface area contributed by atoms with E-state index in [2.05, 4.69) is 10.6 Å². The van der Waals surface area contributed by atoms with Gasteiger partial charge in [0.25, 0.3) is 0 Å². The predicted molar refractivity (Wildman–Crippen MR) is 98.0 cm³/mol. The summed E-state index contributed by atoms with van der Waals surface area (Å²) >= 11 is 5.35. The number of carbonyl (C=O) groups excluding carboxylic acids is 1. The molecule has 1 aromatic carbocycles. The molecule has 5 rings (SSSR count). The molecule has 1 amide bonds. The van der Waals surface area contributed by atoms with Crippen LogP contribution in [0.4, 0.5) is 5.69 Å². The largest absolute Gasteiger partial charge is 0.497 e. The highest BCUT2D eigenvalue weighted by Gasteiger charge is 2.54. The number of methoxy groups -OCH3 is 1. The Morgan fingerprint density at radius 3 is 2.12 bits per heavy atom. The Balaban J connectivity index is 1.39. The Kier molecular flexibility index (Phi) is 3.99. The third-order valence-corrected chi connectivity index (χ3v) is 6.30. The summed E-state index contributed by atoms with van der Waals surface area (Å²) in [7, 11) is 1.64. The van der Waals surface area contributed by atoms with E-state index >= 15 is 0 Å². The summed E-state index contributed by atoms with van der Waals surface area (Å²) in [6, 6.07) is 7.52. The molecular weight excluding hydrogens is 320 g/mol. The fourth-order valence-electron chi connectivity index (χ4n) is 5.46. The van der Waals surface area contributed by atoms with Gasteiger partial charge in [0.05, 0.1) is 12.5 Å². The summed E-state index contributed by atoms with van der Waals surface area (Å²) in [5.41, 5.74) is 0.687. The second kappa shape index (κ2) is 6.03. The molecule has 0 unspecified atom stereocenters. The van der Waals surface area contributed by atoms with Crippen molar-refractivity contribution in [2.24, 2.45) is 23.2 Å². The van der Waals surface area contributed by atoms with Gasteiger partial charge in [-0.3, -0.25) is 4.79 Å². The lowest BCUT2D eigenvalue weighted by Crippen LogP contribution is -2.55. The van der Waals surface area contributed by atoms with Gasteiger partial charge >= 0.3 is 0 Å². The summed E-state index contributed by atoms with van der Waals surface area (Å²) in [4.78, 5) is 12.9. The summed E-state index contributed by atoms with van der Waals surface area (Å²) in [5.74, 6) is 3.19. The van der Waals surface area contributed by atoms with Gasteiger partial charge in [-0.2, -0.15) is 0 Å². The first kappa shape index (κ1) is 15.9. The summed E-state index contributed by atoms with van der Waals surface area (Å²) < 4.78 is 5.15. The normalized spacial score (nSPS) is 33.1. The number of rotatable bonds is 3. The van der Waals surface area contributed by atoms with Gasteiger partial charge in [-0.1, -0.05) is 0 Å². The minimum absolute atomic E-state index is 0.132. The van der Waals surface area contributed by atoms with Gasteiger partial charge in [-0.05, 0) is 92.8 Å². The summed E-state index contributed by atoms with van der Waals surface area (Å²) in [6.45, 7) is 0. The van der Waals surface area contributed by atoms with Gasteiger partial charge < -0.3 is 15.4 Å². The Morgan fingerprint density at radius 1 is 1.08 bits per heavy atom. The molecule has 0 aliphatic heterocycles. The number of hydrogen-bond acceptors (Lipinski definition) is 3. The van der Waals surface area contributed by atoms with Gasteiger partial charge in [0.1, 0.15) is 5.75 Å². The maximum absolute atomic E-state index is 12.9. The van der Waals surface area contributed by atoms with E-state index in [1.54, 1.807) is 7.11 Å². The van der Waals surface area contributed by atoms with Crippen molar-refractivity contribution >= 4 is 28.9 Å². The zero-order valence-electron chi connectivity index (χ0n) is 14.0. The monoisotopic (exact) mass is 344 g/mol. The molecule has 4 nitrogen and oxygen atoms in total. The van der Waals surface area contributed by atoms with Gasteiger partial charge in [-0.25, -0.2) is 0 Å². The quantitative estimate of drug-likeness (QED) is 0.821. The number of nitrogens with one attached hydrogen (secondary N) is 2. The zero-order chi connectivity index (χ0) is 16.7. The summed E-state index contributed by atoms with van der Waals surface area (Å²) in [6.07, 6.45) is 7.16. The number of anilines is 1. The molecule has 0 spiro atoms. The number of carbonyl (C=O) groups is 1. The van der Waals surface area contributed by atoms with E-state index in [4.69, 9.17) is 17.0 Å². The van der Waals surface area contributed by atoms with E-state index in [9.17, 15) is 4.79 Å². The third-order valence-electron chi connectivity index (χ3n) is 6.09. The van der Waals surface area contributed by atoms with E-state index in [1.165, 1.54) is 19.3 Å². The first-order chi connectivity index (χ1) is 11.6. The van der Waals surface area contributed by atoms with Crippen LogP contribution in [0.2, 0.25) is 0 Å². The van der Waals surface area contributed by atoms with Gasteiger partial charge in [0.15, 0.2) is 5.11 Å². The van der Waals surface area contributed by atoms with Crippen LogP contribution in [-0.2, 0) is 4.79 Å². The standard InChI is InChI=1S/C19H24N2O2S/c1-23-16-4-2-15(3-5-16)20-18(24)21-17(22)19-9-12-6-13(10-19)8-14(7-12)11-19/h2-5,12-14H,6-11H2,1H3,(H2,20,21,22,24). The van der Waals surface area contributed by atoms with E-state index in [0.717, 1.165) is 48.5 Å². The molecule has 0 heterocycles. The Hall–Kier alpha value is -1.62. The average Bonchev–Trinajstić information content (AvgIpc) is 2.54. The SMILES string of the molecule is COc1ccc(NC(=S)NC(=O)C23CC4CC(CC(C4)C2)C3)cc1. The first-order valence-corrected chi connectivity index (χ1v) is 9.24. The molecular formula is C19H24N2O2S. The molecule has 4 bridgehead atoms. The molecule has 0 radical (unpaired) electrons. The van der Waals surface area contributed by atoms with Crippen LogP contribution >= 0.6 is 12.2 Å². The second-order valence-corrected chi connectivity index (χ2v) is 8.24. The molecule has 4 aliphatic carbocycles. The fraction of sp³-hybridized carbons (Fsp3) is 0.579. The Bertz CT molecular complexity index is 621. The molecule has 128 valence electrons. The van der Waals surface area contributed by atoms with Crippen LogP contribution in [0.5, 0.6) is 5.75 Å². The van der Waals surface area contributed by atoms with Crippen molar-refractivity contribution in [1.82, 2.24) is 5.32 Å². The number of thiocarbonyl (C=S) groups is 1. The van der Waals surface area contributed by atoms with E-state index in [1.807, 2.05) is 24.3 Å². The van der Waals surface area contributed by atoms with E-state index < -0.39 is 0 Å². The topological polar surface area (TPSA) is 50.4 Å². The molecule has 4 aliphatic rings. The molecule has 4 fully saturated rings. The van der Waals surface area contributed by atoms with Crippen molar-refractivity contribution in [3.63, 3.8) is 0 Å². The molecule has 5 heteroatoms. The molecule has 0 aromatic heterocycles. The highest BCUT2D eigenvalue weighted by molar-refractivity contribution is 7.80.